The molecule has 1 N–H and O–H groups in total. The van der Waals surface area contributed by atoms with E-state index in [0.717, 1.165) is 11.3 Å². The van der Waals surface area contributed by atoms with Gasteiger partial charge in [-0.3, -0.25) is 0 Å². The van der Waals surface area contributed by atoms with Gasteiger partial charge in [0.25, 0.3) is 0 Å². The highest BCUT2D eigenvalue weighted by atomic mass is 32.2. The van der Waals surface area contributed by atoms with Gasteiger partial charge in [0.1, 0.15) is 16.3 Å². The first-order valence-corrected chi connectivity index (χ1v) is 7.58. The summed E-state index contributed by atoms with van der Waals surface area (Å²) in [5.74, 6) is 0.474. The van der Waals surface area contributed by atoms with E-state index in [4.69, 9.17) is 4.74 Å². The number of halogens is 1. The number of ether oxygens (including phenoxy) is 1. The summed E-state index contributed by atoms with van der Waals surface area (Å²) in [5.41, 5.74) is 1.47. The third kappa shape index (κ3) is 3.04. The van der Waals surface area contributed by atoms with E-state index in [1.165, 1.54) is 6.07 Å². The van der Waals surface area contributed by atoms with Gasteiger partial charge >= 0.3 is 0 Å². The number of hydrogen-bond donors (Lipinski definition) is 1. The lowest BCUT2D eigenvalue weighted by Crippen LogP contribution is -2.40. The summed E-state index contributed by atoms with van der Waals surface area (Å²) in [6.07, 6.45) is 0.705. The van der Waals surface area contributed by atoms with Crippen LogP contribution in [-0.4, -0.2) is 15.9 Å². The van der Waals surface area contributed by atoms with Gasteiger partial charge in [-0.25, -0.2) is 4.39 Å². The van der Waals surface area contributed by atoms with Crippen molar-refractivity contribution in [2.75, 3.05) is 6.61 Å². The molecular weight excluding hydrogens is 265 g/mol. The Morgan fingerprint density at radius 2 is 2.11 bits per heavy atom. The van der Waals surface area contributed by atoms with Gasteiger partial charge in [0.05, 0.1) is 12.6 Å². The first kappa shape index (κ1) is 14.6. The number of nitrogens with one attached hydrogen (secondary N) is 1. The monoisotopic (exact) mass is 285 g/mol. The van der Waals surface area contributed by atoms with Gasteiger partial charge in [-0.15, -0.1) is 4.72 Å². The molecule has 0 spiro atoms. The van der Waals surface area contributed by atoms with Crippen LogP contribution in [-0.2, 0) is 17.8 Å². The molecular formula is C14H20FNO2S. The first-order valence-electron chi connectivity index (χ1n) is 6.43. The predicted octanol–water partition coefficient (Wildman–Crippen LogP) is 2.87. The molecule has 1 aliphatic rings. The molecule has 0 aromatic heterocycles. The molecule has 0 bridgehead atoms. The molecule has 1 aromatic rings. The number of benzene rings is 1. The Kier molecular flexibility index (Phi) is 4.08. The summed E-state index contributed by atoms with van der Waals surface area (Å²) < 4.78 is 34.2. The van der Waals surface area contributed by atoms with Crippen molar-refractivity contribution in [1.82, 2.24) is 4.72 Å². The maximum absolute atomic E-state index is 14.0. The lowest BCUT2D eigenvalue weighted by Gasteiger charge is -2.27. The highest BCUT2D eigenvalue weighted by molar-refractivity contribution is 7.90. The zero-order valence-corrected chi connectivity index (χ0v) is 12.6. The van der Waals surface area contributed by atoms with Crippen LogP contribution in [0.15, 0.2) is 12.1 Å². The lowest BCUT2D eigenvalue weighted by atomic mass is 9.99. The molecule has 3 nitrogen and oxygen atoms in total. The highest BCUT2D eigenvalue weighted by Crippen LogP contribution is 2.34. The molecule has 106 valence electrons. The van der Waals surface area contributed by atoms with Gasteiger partial charge in [0.2, 0.25) is 0 Å². The highest BCUT2D eigenvalue weighted by Gasteiger charge is 2.31. The Balaban J connectivity index is 2.25. The minimum atomic E-state index is -1.23. The van der Waals surface area contributed by atoms with Crippen LogP contribution in [0.2, 0.25) is 0 Å². The van der Waals surface area contributed by atoms with Crippen LogP contribution in [0.5, 0.6) is 5.75 Å². The van der Waals surface area contributed by atoms with Gasteiger partial charge in [-0.2, -0.15) is 0 Å². The molecule has 0 saturated carbocycles. The summed E-state index contributed by atoms with van der Waals surface area (Å²) in [5, 5.41) is 0. The predicted molar refractivity (Wildman–Crippen MR) is 75.0 cm³/mol. The minimum Gasteiger partial charge on any atom is -0.598 e. The normalized spacial score (nSPS) is 17.8. The van der Waals surface area contributed by atoms with E-state index in [1.54, 1.807) is 6.07 Å². The molecule has 1 aliphatic heterocycles. The summed E-state index contributed by atoms with van der Waals surface area (Å²) in [7, 11) is 0. The SMILES string of the molecule is C[C@H](N[S@+]([O-])C(C)(C)C)c1c(F)ccc2c1CCO2. The molecule has 1 heterocycles. The number of fused-ring (bicyclic) bond motifs is 1. The van der Waals surface area contributed by atoms with E-state index in [2.05, 4.69) is 4.72 Å². The fourth-order valence-electron chi connectivity index (χ4n) is 2.14. The summed E-state index contributed by atoms with van der Waals surface area (Å²) in [6, 6.07) is 2.77. The van der Waals surface area contributed by atoms with Crippen LogP contribution >= 0.6 is 0 Å². The van der Waals surface area contributed by atoms with Gasteiger partial charge in [-0.05, 0) is 39.8 Å². The molecule has 0 unspecified atom stereocenters. The van der Waals surface area contributed by atoms with Gasteiger partial charge in [0.15, 0.2) is 0 Å². The standard InChI is InChI=1S/C14H20FNO2S/c1-9(16-19(17)14(2,3)4)13-10-7-8-18-12(10)6-5-11(13)15/h5-6,9,16H,7-8H2,1-4H3/t9-,19+/m0/s1. The maximum atomic E-state index is 14.0. The summed E-state index contributed by atoms with van der Waals surface area (Å²) in [6.45, 7) is 8.08. The molecule has 0 amide bonds. The van der Waals surface area contributed by atoms with Gasteiger partial charge in [0, 0.05) is 28.9 Å². The van der Waals surface area contributed by atoms with Crippen LogP contribution in [0, 0.1) is 5.82 Å². The zero-order chi connectivity index (χ0) is 14.2. The third-order valence-electron chi connectivity index (χ3n) is 3.14. The fraction of sp³-hybridized carbons (Fsp3) is 0.571. The molecule has 19 heavy (non-hydrogen) atoms. The Labute approximate surface area is 116 Å². The van der Waals surface area contributed by atoms with Crippen molar-refractivity contribution in [2.24, 2.45) is 0 Å². The van der Waals surface area contributed by atoms with Crippen molar-refractivity contribution < 1.29 is 13.7 Å². The van der Waals surface area contributed by atoms with Crippen LogP contribution in [0.3, 0.4) is 0 Å². The largest absolute Gasteiger partial charge is 0.598 e. The molecule has 1 aromatic carbocycles. The Morgan fingerprint density at radius 3 is 2.74 bits per heavy atom. The number of rotatable bonds is 3. The van der Waals surface area contributed by atoms with E-state index < -0.39 is 11.4 Å². The molecule has 0 saturated heterocycles. The second kappa shape index (κ2) is 5.31. The number of hydrogen-bond acceptors (Lipinski definition) is 3. The summed E-state index contributed by atoms with van der Waals surface area (Å²) >= 11 is -1.23. The first-order chi connectivity index (χ1) is 8.80. The van der Waals surface area contributed by atoms with Crippen LogP contribution in [0.1, 0.15) is 44.9 Å². The molecule has 5 heteroatoms. The Hall–Kier alpha value is -0.780. The van der Waals surface area contributed by atoms with Crippen molar-refractivity contribution in [3.05, 3.63) is 29.1 Å². The van der Waals surface area contributed by atoms with Gasteiger partial charge < -0.3 is 9.29 Å². The van der Waals surface area contributed by atoms with Crippen molar-refractivity contribution in [3.8, 4) is 5.75 Å². The minimum absolute atomic E-state index is 0.268. The molecule has 0 aliphatic carbocycles. The Morgan fingerprint density at radius 1 is 1.42 bits per heavy atom. The average Bonchev–Trinajstić information content (AvgIpc) is 2.75. The van der Waals surface area contributed by atoms with E-state index in [-0.39, 0.29) is 16.6 Å². The second-order valence-corrected chi connectivity index (χ2v) is 7.75. The lowest BCUT2D eigenvalue weighted by molar-refractivity contribution is 0.356. The van der Waals surface area contributed by atoms with Crippen LogP contribution in [0.4, 0.5) is 4.39 Å². The zero-order valence-electron chi connectivity index (χ0n) is 11.7. The van der Waals surface area contributed by atoms with Gasteiger partial charge in [-0.1, -0.05) is 0 Å². The smallest absolute Gasteiger partial charge is 0.136 e. The van der Waals surface area contributed by atoms with E-state index in [9.17, 15) is 8.94 Å². The summed E-state index contributed by atoms with van der Waals surface area (Å²) in [4.78, 5) is 0. The third-order valence-corrected chi connectivity index (χ3v) is 4.82. The van der Waals surface area contributed by atoms with E-state index >= 15 is 0 Å². The topological polar surface area (TPSA) is 44.3 Å². The maximum Gasteiger partial charge on any atom is 0.136 e. The van der Waals surface area contributed by atoms with E-state index in [1.807, 2.05) is 27.7 Å². The van der Waals surface area contributed by atoms with Crippen LogP contribution in [0.25, 0.3) is 0 Å². The van der Waals surface area contributed by atoms with Crippen molar-refractivity contribution in [2.45, 2.75) is 44.9 Å². The Bertz CT molecular complexity index is 473. The van der Waals surface area contributed by atoms with Crippen molar-refractivity contribution in [3.63, 3.8) is 0 Å². The quantitative estimate of drug-likeness (QED) is 0.869. The fourth-order valence-corrected chi connectivity index (χ4v) is 2.93. The average molecular weight is 285 g/mol. The molecule has 0 fully saturated rings. The van der Waals surface area contributed by atoms with Crippen LogP contribution < -0.4 is 9.46 Å². The molecule has 2 rings (SSSR count). The second-order valence-electron chi connectivity index (χ2n) is 5.76. The van der Waals surface area contributed by atoms with Crippen molar-refractivity contribution in [1.29, 1.82) is 0 Å². The van der Waals surface area contributed by atoms with Crippen molar-refractivity contribution >= 4 is 11.4 Å². The van der Waals surface area contributed by atoms with E-state index in [0.29, 0.717) is 18.6 Å². The molecule has 2 atom stereocenters. The molecule has 0 radical (unpaired) electrons.